The third kappa shape index (κ3) is 3.07. The van der Waals surface area contributed by atoms with Gasteiger partial charge in [0.25, 0.3) is 0 Å². The van der Waals surface area contributed by atoms with E-state index >= 15 is 0 Å². The quantitative estimate of drug-likeness (QED) is 0.387. The van der Waals surface area contributed by atoms with E-state index in [9.17, 15) is 0 Å². The van der Waals surface area contributed by atoms with Gasteiger partial charge in [0, 0.05) is 23.1 Å². The highest BCUT2D eigenvalue weighted by Crippen LogP contribution is 2.37. The molecule has 21 heavy (non-hydrogen) atoms. The van der Waals surface area contributed by atoms with E-state index in [0.717, 1.165) is 27.4 Å². The highest BCUT2D eigenvalue weighted by Gasteiger charge is 2.12. The molecule has 0 radical (unpaired) electrons. The van der Waals surface area contributed by atoms with Crippen molar-refractivity contribution >= 4 is 33.3 Å². The molecule has 0 aliphatic heterocycles. The standard InChI is InChI=1S/C16H13N3S2/c17-8-4-5-9-20-15-14-13(12-6-2-1-3-7-12)10-21-16(14)19-11-18-15/h1-3,6-7,10-11H,4-5,9H2. The summed E-state index contributed by atoms with van der Waals surface area (Å²) in [6.45, 7) is 0. The summed E-state index contributed by atoms with van der Waals surface area (Å²) >= 11 is 3.36. The summed E-state index contributed by atoms with van der Waals surface area (Å²) in [6.07, 6.45) is 3.11. The minimum Gasteiger partial charge on any atom is -0.229 e. The molecule has 3 rings (SSSR count). The number of benzene rings is 1. The summed E-state index contributed by atoms with van der Waals surface area (Å²) in [6, 6.07) is 12.5. The van der Waals surface area contributed by atoms with E-state index in [1.54, 1.807) is 29.4 Å². The van der Waals surface area contributed by atoms with Gasteiger partial charge in [0.2, 0.25) is 0 Å². The number of nitriles is 1. The Labute approximate surface area is 131 Å². The molecule has 3 nitrogen and oxygen atoms in total. The van der Waals surface area contributed by atoms with Crippen molar-refractivity contribution in [2.45, 2.75) is 17.9 Å². The second-order valence-electron chi connectivity index (χ2n) is 4.48. The summed E-state index contributed by atoms with van der Waals surface area (Å²) in [7, 11) is 0. The summed E-state index contributed by atoms with van der Waals surface area (Å²) in [5.74, 6) is 0.906. The van der Waals surface area contributed by atoms with E-state index in [1.807, 2.05) is 18.2 Å². The number of hydrogen-bond acceptors (Lipinski definition) is 5. The molecule has 0 bridgehead atoms. The minimum atomic E-state index is 0.594. The van der Waals surface area contributed by atoms with Crippen LogP contribution in [-0.2, 0) is 0 Å². The average Bonchev–Trinajstić information content (AvgIpc) is 2.97. The van der Waals surface area contributed by atoms with E-state index in [4.69, 9.17) is 5.26 Å². The lowest BCUT2D eigenvalue weighted by Gasteiger charge is -2.04. The lowest BCUT2D eigenvalue weighted by atomic mass is 10.1. The molecule has 0 N–H and O–H groups in total. The molecule has 0 fully saturated rings. The van der Waals surface area contributed by atoms with Crippen molar-refractivity contribution in [3.8, 4) is 17.2 Å². The molecule has 5 heteroatoms. The van der Waals surface area contributed by atoms with Crippen LogP contribution in [0.5, 0.6) is 0 Å². The molecule has 0 atom stereocenters. The first-order chi connectivity index (χ1) is 10.4. The zero-order valence-corrected chi connectivity index (χ0v) is 13.0. The third-order valence-corrected chi connectivity index (χ3v) is 5.05. The Kier molecular flexibility index (Phi) is 4.49. The summed E-state index contributed by atoms with van der Waals surface area (Å²) in [4.78, 5) is 9.83. The van der Waals surface area contributed by atoms with E-state index < -0.39 is 0 Å². The van der Waals surface area contributed by atoms with Gasteiger partial charge < -0.3 is 0 Å². The van der Waals surface area contributed by atoms with Gasteiger partial charge in [0.1, 0.15) is 16.2 Å². The highest BCUT2D eigenvalue weighted by atomic mass is 32.2. The SMILES string of the molecule is N#CCCCSc1ncnc2scc(-c3ccccc3)c12. The normalized spacial score (nSPS) is 10.6. The fourth-order valence-corrected chi connectivity index (χ4v) is 4.04. The van der Waals surface area contributed by atoms with Crippen molar-refractivity contribution in [3.05, 3.63) is 42.0 Å². The minimum absolute atomic E-state index is 0.594. The molecule has 0 saturated carbocycles. The van der Waals surface area contributed by atoms with Gasteiger partial charge in [-0.05, 0) is 12.0 Å². The monoisotopic (exact) mass is 311 g/mol. The molecule has 104 valence electrons. The van der Waals surface area contributed by atoms with Crippen LogP contribution in [-0.4, -0.2) is 15.7 Å². The highest BCUT2D eigenvalue weighted by molar-refractivity contribution is 7.99. The topological polar surface area (TPSA) is 49.6 Å². The second-order valence-corrected chi connectivity index (χ2v) is 6.43. The lowest BCUT2D eigenvalue weighted by Crippen LogP contribution is -1.87. The molecule has 2 aromatic heterocycles. The van der Waals surface area contributed by atoms with Crippen LogP contribution in [0, 0.1) is 11.3 Å². The van der Waals surface area contributed by atoms with Gasteiger partial charge in [-0.2, -0.15) is 5.26 Å². The van der Waals surface area contributed by atoms with Crippen LogP contribution >= 0.6 is 23.1 Å². The summed E-state index contributed by atoms with van der Waals surface area (Å²) in [5, 5.41) is 12.9. The summed E-state index contributed by atoms with van der Waals surface area (Å²) < 4.78 is 0. The Bertz CT molecular complexity index is 775. The smallest absolute Gasteiger partial charge is 0.128 e. The number of thiophene rings is 1. The first-order valence-electron chi connectivity index (χ1n) is 6.67. The maximum atomic E-state index is 8.61. The van der Waals surface area contributed by atoms with Gasteiger partial charge in [-0.15, -0.1) is 23.1 Å². The zero-order chi connectivity index (χ0) is 14.5. The van der Waals surface area contributed by atoms with Crippen molar-refractivity contribution in [2.24, 2.45) is 0 Å². The van der Waals surface area contributed by atoms with Crippen LogP contribution < -0.4 is 0 Å². The molecule has 2 heterocycles. The van der Waals surface area contributed by atoms with Crippen LogP contribution in [0.25, 0.3) is 21.3 Å². The fourth-order valence-electron chi connectivity index (χ4n) is 2.11. The number of unbranched alkanes of at least 4 members (excludes halogenated alkanes) is 1. The average molecular weight is 311 g/mol. The van der Waals surface area contributed by atoms with Gasteiger partial charge in [0.05, 0.1) is 11.5 Å². The van der Waals surface area contributed by atoms with Crippen LogP contribution in [0.4, 0.5) is 0 Å². The molecule has 0 spiro atoms. The number of hydrogen-bond donors (Lipinski definition) is 0. The van der Waals surface area contributed by atoms with Crippen molar-refractivity contribution in [1.82, 2.24) is 9.97 Å². The Morgan fingerprint density at radius 2 is 2.05 bits per heavy atom. The number of rotatable bonds is 5. The molecule has 0 amide bonds. The van der Waals surface area contributed by atoms with Crippen LogP contribution in [0.3, 0.4) is 0 Å². The van der Waals surface area contributed by atoms with Gasteiger partial charge in [-0.3, -0.25) is 0 Å². The first kappa shape index (κ1) is 14.1. The molecular weight excluding hydrogens is 298 g/mol. The number of nitrogens with zero attached hydrogens (tertiary/aromatic N) is 3. The Balaban J connectivity index is 1.97. The lowest BCUT2D eigenvalue weighted by molar-refractivity contribution is 0.977. The van der Waals surface area contributed by atoms with Crippen molar-refractivity contribution in [1.29, 1.82) is 5.26 Å². The largest absolute Gasteiger partial charge is 0.229 e. The molecule has 3 aromatic rings. The van der Waals surface area contributed by atoms with Crippen molar-refractivity contribution in [3.63, 3.8) is 0 Å². The van der Waals surface area contributed by atoms with Crippen LogP contribution in [0.15, 0.2) is 47.1 Å². The van der Waals surface area contributed by atoms with Crippen molar-refractivity contribution < 1.29 is 0 Å². The predicted octanol–water partition coefficient (Wildman–Crippen LogP) is 4.75. The van der Waals surface area contributed by atoms with Crippen LogP contribution in [0.2, 0.25) is 0 Å². The maximum absolute atomic E-state index is 8.61. The van der Waals surface area contributed by atoms with Gasteiger partial charge in [0.15, 0.2) is 0 Å². The van der Waals surface area contributed by atoms with Gasteiger partial charge >= 0.3 is 0 Å². The van der Waals surface area contributed by atoms with Crippen LogP contribution in [0.1, 0.15) is 12.8 Å². The molecule has 1 aromatic carbocycles. The fraction of sp³-hybridized carbons (Fsp3) is 0.188. The summed E-state index contributed by atoms with van der Waals surface area (Å²) in [5.41, 5.74) is 2.39. The van der Waals surface area contributed by atoms with Crippen molar-refractivity contribution in [2.75, 3.05) is 5.75 Å². The van der Waals surface area contributed by atoms with E-state index in [-0.39, 0.29) is 0 Å². The van der Waals surface area contributed by atoms with Gasteiger partial charge in [-0.1, -0.05) is 30.3 Å². The molecular formula is C16H13N3S2. The molecule has 0 saturated heterocycles. The number of aromatic nitrogens is 2. The zero-order valence-electron chi connectivity index (χ0n) is 11.3. The Hall–Kier alpha value is -1.90. The second kappa shape index (κ2) is 6.70. The van der Waals surface area contributed by atoms with E-state index in [1.165, 1.54) is 11.1 Å². The predicted molar refractivity (Wildman–Crippen MR) is 88.4 cm³/mol. The molecule has 0 aliphatic carbocycles. The number of fused-ring (bicyclic) bond motifs is 1. The van der Waals surface area contributed by atoms with E-state index in [0.29, 0.717) is 6.42 Å². The number of thioether (sulfide) groups is 1. The first-order valence-corrected chi connectivity index (χ1v) is 8.54. The van der Waals surface area contributed by atoms with Gasteiger partial charge in [-0.25, -0.2) is 9.97 Å². The Morgan fingerprint density at radius 3 is 2.86 bits per heavy atom. The Morgan fingerprint density at radius 1 is 1.19 bits per heavy atom. The molecule has 0 unspecified atom stereocenters. The maximum Gasteiger partial charge on any atom is 0.128 e. The van der Waals surface area contributed by atoms with E-state index in [2.05, 4.69) is 33.5 Å². The third-order valence-electron chi connectivity index (χ3n) is 3.09. The molecule has 0 aliphatic rings.